The summed E-state index contributed by atoms with van der Waals surface area (Å²) in [5.74, 6) is -0.340. The van der Waals surface area contributed by atoms with Crippen molar-refractivity contribution in [3.63, 3.8) is 0 Å². The van der Waals surface area contributed by atoms with Gasteiger partial charge in [-0.05, 0) is 43.2 Å². The predicted octanol–water partition coefficient (Wildman–Crippen LogP) is 2.19. The van der Waals surface area contributed by atoms with E-state index in [2.05, 4.69) is 29.4 Å². The molecule has 0 bridgehead atoms. The van der Waals surface area contributed by atoms with Crippen molar-refractivity contribution in [1.29, 1.82) is 0 Å². The van der Waals surface area contributed by atoms with Crippen LogP contribution in [0.2, 0.25) is 5.15 Å². The van der Waals surface area contributed by atoms with Crippen LogP contribution < -0.4 is 5.32 Å². The first-order chi connectivity index (χ1) is 9.30. The van der Waals surface area contributed by atoms with Crippen molar-refractivity contribution in [2.24, 2.45) is 5.41 Å². The maximum absolute atomic E-state index is 11.9. The number of aliphatic hydroxyl groups is 1. The average molecular weight is 298 g/mol. The minimum Gasteiger partial charge on any atom is -0.388 e. The molecule has 0 spiro atoms. The van der Waals surface area contributed by atoms with Crippen LogP contribution in [0.5, 0.6) is 0 Å². The van der Waals surface area contributed by atoms with Crippen LogP contribution in [0.4, 0.5) is 0 Å². The van der Waals surface area contributed by atoms with Gasteiger partial charge in [0.2, 0.25) is 0 Å². The summed E-state index contributed by atoms with van der Waals surface area (Å²) in [5, 5.41) is 20.8. The van der Waals surface area contributed by atoms with Crippen LogP contribution in [0.1, 0.15) is 50.0 Å². The minimum atomic E-state index is -0.814. The van der Waals surface area contributed by atoms with Gasteiger partial charge < -0.3 is 10.4 Å². The standard InChI is InChI=1S/C14H20ClN3O2/c1-13(2)5-7-14(20,8-6-13)9-16-12(19)10-3-4-11(15)18-17-10/h3-4,20H,5-9H2,1-2H3,(H,16,19). The van der Waals surface area contributed by atoms with Crippen molar-refractivity contribution in [2.75, 3.05) is 6.54 Å². The molecule has 0 saturated heterocycles. The lowest BCUT2D eigenvalue weighted by molar-refractivity contribution is -0.0233. The lowest BCUT2D eigenvalue weighted by Gasteiger charge is -2.40. The monoisotopic (exact) mass is 297 g/mol. The molecule has 0 atom stereocenters. The smallest absolute Gasteiger partial charge is 0.271 e. The van der Waals surface area contributed by atoms with Crippen LogP contribution in [-0.4, -0.2) is 33.4 Å². The third-order valence-corrected chi connectivity index (χ3v) is 4.18. The molecule has 1 saturated carbocycles. The first-order valence-corrected chi connectivity index (χ1v) is 7.17. The Kier molecular flexibility index (Phi) is 4.30. The van der Waals surface area contributed by atoms with Crippen LogP contribution in [0.3, 0.4) is 0 Å². The Hall–Kier alpha value is -1.20. The normalized spacial score (nSPS) is 20.4. The molecule has 0 unspecified atom stereocenters. The van der Waals surface area contributed by atoms with E-state index in [1.807, 2.05) is 0 Å². The zero-order valence-corrected chi connectivity index (χ0v) is 12.6. The van der Waals surface area contributed by atoms with Crippen LogP contribution in [0.25, 0.3) is 0 Å². The molecular formula is C14H20ClN3O2. The second-order valence-corrected chi connectivity index (χ2v) is 6.70. The van der Waals surface area contributed by atoms with Crippen molar-refractivity contribution in [3.8, 4) is 0 Å². The van der Waals surface area contributed by atoms with Gasteiger partial charge in [-0.3, -0.25) is 4.79 Å². The molecular weight excluding hydrogens is 278 g/mol. The van der Waals surface area contributed by atoms with Crippen LogP contribution in [0, 0.1) is 5.41 Å². The van der Waals surface area contributed by atoms with Gasteiger partial charge in [0.15, 0.2) is 10.8 Å². The highest BCUT2D eigenvalue weighted by Gasteiger charge is 2.36. The highest BCUT2D eigenvalue weighted by molar-refractivity contribution is 6.29. The van der Waals surface area contributed by atoms with E-state index in [1.165, 1.54) is 12.1 Å². The summed E-state index contributed by atoms with van der Waals surface area (Å²) in [5.41, 5.74) is -0.336. The molecule has 20 heavy (non-hydrogen) atoms. The fourth-order valence-corrected chi connectivity index (χ4v) is 2.44. The van der Waals surface area contributed by atoms with Crippen molar-refractivity contribution in [2.45, 2.75) is 45.1 Å². The molecule has 0 aromatic carbocycles. The summed E-state index contributed by atoms with van der Waals surface area (Å²) in [6.45, 7) is 4.65. The topological polar surface area (TPSA) is 75.1 Å². The predicted molar refractivity (Wildman–Crippen MR) is 76.6 cm³/mol. The Morgan fingerprint density at radius 3 is 2.50 bits per heavy atom. The van der Waals surface area contributed by atoms with Crippen LogP contribution >= 0.6 is 11.6 Å². The van der Waals surface area contributed by atoms with Gasteiger partial charge in [0.1, 0.15) is 0 Å². The number of nitrogens with one attached hydrogen (secondary N) is 1. The molecule has 0 aliphatic heterocycles. The lowest BCUT2D eigenvalue weighted by atomic mass is 9.71. The van der Waals surface area contributed by atoms with E-state index in [9.17, 15) is 9.90 Å². The van der Waals surface area contributed by atoms with E-state index < -0.39 is 5.60 Å². The van der Waals surface area contributed by atoms with Crippen LogP contribution in [0.15, 0.2) is 12.1 Å². The SMILES string of the molecule is CC1(C)CCC(O)(CNC(=O)c2ccc(Cl)nn2)CC1. The summed E-state index contributed by atoms with van der Waals surface area (Å²) >= 11 is 5.62. The summed E-state index contributed by atoms with van der Waals surface area (Å²) in [4.78, 5) is 11.9. The highest BCUT2D eigenvalue weighted by Crippen LogP contribution is 2.39. The Labute approximate surface area is 123 Å². The van der Waals surface area contributed by atoms with Crippen molar-refractivity contribution in [3.05, 3.63) is 23.0 Å². The maximum Gasteiger partial charge on any atom is 0.271 e. The molecule has 1 aliphatic rings. The molecule has 5 nitrogen and oxygen atoms in total. The fraction of sp³-hybridized carbons (Fsp3) is 0.643. The number of hydrogen-bond acceptors (Lipinski definition) is 4. The summed E-state index contributed by atoms with van der Waals surface area (Å²) in [6.07, 6.45) is 3.32. The fourth-order valence-electron chi connectivity index (χ4n) is 2.34. The van der Waals surface area contributed by atoms with Crippen LogP contribution in [-0.2, 0) is 0 Å². The first kappa shape index (κ1) is 15.2. The second-order valence-electron chi connectivity index (χ2n) is 6.31. The van der Waals surface area contributed by atoms with Crippen molar-refractivity contribution < 1.29 is 9.90 Å². The lowest BCUT2D eigenvalue weighted by Crippen LogP contribution is -2.46. The zero-order valence-electron chi connectivity index (χ0n) is 11.8. The first-order valence-electron chi connectivity index (χ1n) is 6.80. The molecule has 1 aromatic rings. The quantitative estimate of drug-likeness (QED) is 0.897. The largest absolute Gasteiger partial charge is 0.388 e. The summed E-state index contributed by atoms with van der Waals surface area (Å²) in [7, 11) is 0. The maximum atomic E-state index is 11.9. The molecule has 1 aliphatic carbocycles. The van der Waals surface area contributed by atoms with Gasteiger partial charge in [0, 0.05) is 6.54 Å². The molecule has 6 heteroatoms. The molecule has 0 radical (unpaired) electrons. The van der Waals surface area contributed by atoms with E-state index in [4.69, 9.17) is 11.6 Å². The Morgan fingerprint density at radius 2 is 1.95 bits per heavy atom. The van der Waals surface area contributed by atoms with Gasteiger partial charge in [-0.2, -0.15) is 0 Å². The van der Waals surface area contributed by atoms with E-state index >= 15 is 0 Å². The molecule has 1 heterocycles. The van der Waals surface area contributed by atoms with Gasteiger partial charge in [0.05, 0.1) is 5.60 Å². The Balaban J connectivity index is 1.89. The Bertz CT molecular complexity index is 478. The van der Waals surface area contributed by atoms with Gasteiger partial charge in [-0.15, -0.1) is 10.2 Å². The van der Waals surface area contributed by atoms with Crippen molar-refractivity contribution >= 4 is 17.5 Å². The molecule has 2 rings (SSSR count). The van der Waals surface area contributed by atoms with E-state index in [0.29, 0.717) is 12.8 Å². The summed E-state index contributed by atoms with van der Waals surface area (Å²) in [6, 6.07) is 3.03. The number of rotatable bonds is 3. The number of nitrogens with zero attached hydrogens (tertiary/aromatic N) is 2. The molecule has 1 aromatic heterocycles. The van der Waals surface area contributed by atoms with E-state index in [0.717, 1.165) is 12.8 Å². The van der Waals surface area contributed by atoms with E-state index in [1.54, 1.807) is 0 Å². The molecule has 2 N–H and O–H groups in total. The summed E-state index contributed by atoms with van der Waals surface area (Å²) < 4.78 is 0. The highest BCUT2D eigenvalue weighted by atomic mass is 35.5. The molecule has 1 amide bonds. The van der Waals surface area contributed by atoms with Gasteiger partial charge in [0.25, 0.3) is 5.91 Å². The van der Waals surface area contributed by atoms with Gasteiger partial charge in [-0.1, -0.05) is 25.4 Å². The zero-order chi connectivity index (χ0) is 14.8. The van der Waals surface area contributed by atoms with Gasteiger partial charge >= 0.3 is 0 Å². The number of hydrogen-bond donors (Lipinski definition) is 2. The molecule has 110 valence electrons. The third kappa shape index (κ3) is 3.90. The van der Waals surface area contributed by atoms with Gasteiger partial charge in [-0.25, -0.2) is 0 Å². The van der Waals surface area contributed by atoms with E-state index in [-0.39, 0.29) is 28.7 Å². The van der Waals surface area contributed by atoms with Crippen molar-refractivity contribution in [1.82, 2.24) is 15.5 Å². The number of aromatic nitrogens is 2. The number of carbonyl (C=O) groups is 1. The third-order valence-electron chi connectivity index (χ3n) is 3.98. The molecule has 1 fully saturated rings. The number of halogens is 1. The number of amides is 1. The average Bonchev–Trinajstić information content (AvgIpc) is 2.41. The number of carbonyl (C=O) groups excluding carboxylic acids is 1. The second kappa shape index (κ2) is 5.66. The Morgan fingerprint density at radius 1 is 1.30 bits per heavy atom. The minimum absolute atomic E-state index is 0.203.